The van der Waals surface area contributed by atoms with E-state index in [2.05, 4.69) is 71.1 Å². The molecule has 0 radical (unpaired) electrons. The summed E-state index contributed by atoms with van der Waals surface area (Å²) in [5.74, 6) is 0.907. The van der Waals surface area contributed by atoms with Crippen LogP contribution in [-0.4, -0.2) is 84.1 Å². The highest BCUT2D eigenvalue weighted by molar-refractivity contribution is 5.97. The van der Waals surface area contributed by atoms with Gasteiger partial charge in [-0.05, 0) is 56.8 Å². The summed E-state index contributed by atoms with van der Waals surface area (Å²) >= 11 is 0. The van der Waals surface area contributed by atoms with E-state index in [4.69, 9.17) is 14.7 Å². The molecule has 1 aromatic heterocycles. The second-order valence-corrected chi connectivity index (χ2v) is 11.6. The van der Waals surface area contributed by atoms with Crippen molar-refractivity contribution in [2.75, 3.05) is 56.2 Å². The lowest BCUT2D eigenvalue weighted by atomic mass is 9.99. The van der Waals surface area contributed by atoms with E-state index < -0.39 is 0 Å². The minimum Gasteiger partial charge on any atom is -0.462 e. The molecule has 2 aromatic carbocycles. The molecule has 0 spiro atoms. The Balaban J connectivity index is 1.34. The molecular weight excluding hydrogens is 514 g/mol. The summed E-state index contributed by atoms with van der Waals surface area (Å²) in [5, 5.41) is 12.0. The Kier molecular flexibility index (Phi) is 7.67. The second kappa shape index (κ2) is 11.5. The molecule has 3 aromatic rings. The third-order valence-electron chi connectivity index (χ3n) is 9.04. The molecular formula is C32H39N7O2. The van der Waals surface area contributed by atoms with Crippen LogP contribution in [0.25, 0.3) is 10.8 Å². The lowest BCUT2D eigenvalue weighted by Gasteiger charge is -2.42. The number of ether oxygens (including phenoxy) is 1. The van der Waals surface area contributed by atoms with Crippen LogP contribution in [-0.2, 0) is 17.8 Å². The number of carbonyl (C=O) groups excluding carboxylic acids is 1. The van der Waals surface area contributed by atoms with E-state index in [9.17, 15) is 10.1 Å². The molecule has 0 unspecified atom stereocenters. The number of hydrogen-bond acceptors (Lipinski definition) is 8. The van der Waals surface area contributed by atoms with Gasteiger partial charge in [-0.2, -0.15) is 15.2 Å². The normalized spacial score (nSPS) is 21.2. The molecule has 0 aliphatic carbocycles. The van der Waals surface area contributed by atoms with Crippen molar-refractivity contribution in [2.24, 2.45) is 0 Å². The Labute approximate surface area is 242 Å². The summed E-state index contributed by atoms with van der Waals surface area (Å²) < 4.78 is 6.30. The van der Waals surface area contributed by atoms with Crippen LogP contribution in [0.15, 0.2) is 36.4 Å². The van der Waals surface area contributed by atoms with E-state index in [-0.39, 0.29) is 11.9 Å². The van der Waals surface area contributed by atoms with E-state index >= 15 is 0 Å². The van der Waals surface area contributed by atoms with Gasteiger partial charge in [-0.25, -0.2) is 0 Å². The van der Waals surface area contributed by atoms with Gasteiger partial charge in [0.25, 0.3) is 0 Å². The fourth-order valence-electron chi connectivity index (χ4n) is 6.79. The van der Waals surface area contributed by atoms with Gasteiger partial charge in [-0.3, -0.25) is 4.79 Å². The summed E-state index contributed by atoms with van der Waals surface area (Å²) in [6.07, 6.45) is 3.41. The van der Waals surface area contributed by atoms with Crippen LogP contribution in [0.4, 0.5) is 11.5 Å². The van der Waals surface area contributed by atoms with Gasteiger partial charge >= 0.3 is 6.01 Å². The third-order valence-corrected chi connectivity index (χ3v) is 9.04. The van der Waals surface area contributed by atoms with E-state index in [1.165, 1.54) is 28.4 Å². The maximum atomic E-state index is 12.3. The van der Waals surface area contributed by atoms with Gasteiger partial charge in [0.1, 0.15) is 12.4 Å². The number of likely N-dealkylation sites (tertiary alicyclic amines) is 1. The molecule has 214 valence electrons. The van der Waals surface area contributed by atoms with Gasteiger partial charge in [0.2, 0.25) is 5.91 Å². The Bertz CT molecular complexity index is 1480. The van der Waals surface area contributed by atoms with Gasteiger partial charge in [-0.15, -0.1) is 0 Å². The number of rotatable bonds is 6. The highest BCUT2D eigenvalue weighted by Crippen LogP contribution is 2.36. The Morgan fingerprint density at radius 1 is 1.07 bits per heavy atom. The van der Waals surface area contributed by atoms with Crippen LogP contribution in [0.1, 0.15) is 43.0 Å². The summed E-state index contributed by atoms with van der Waals surface area (Å²) in [6, 6.07) is 15.9. The highest BCUT2D eigenvalue weighted by atomic mass is 16.5. The van der Waals surface area contributed by atoms with Crippen molar-refractivity contribution < 1.29 is 9.53 Å². The Morgan fingerprint density at radius 3 is 2.66 bits per heavy atom. The SMILES string of the molecule is CC(=O)N1CCN(c2nc(OC[C@@H]3CCCN3C)nc3c2CCN(c2cccc4cccc(C)c24)C3)C[C@@H]1CC#N. The monoisotopic (exact) mass is 553 g/mol. The molecule has 41 heavy (non-hydrogen) atoms. The summed E-state index contributed by atoms with van der Waals surface area (Å²) in [4.78, 5) is 31.1. The number of anilines is 2. The van der Waals surface area contributed by atoms with E-state index in [1.807, 2.05) is 4.90 Å². The number of aryl methyl sites for hydroxylation is 1. The number of nitrogens with zero attached hydrogens (tertiary/aromatic N) is 7. The molecule has 9 nitrogen and oxygen atoms in total. The van der Waals surface area contributed by atoms with E-state index in [0.29, 0.717) is 51.3 Å². The molecule has 6 rings (SSSR count). The number of aromatic nitrogens is 2. The van der Waals surface area contributed by atoms with E-state index in [1.54, 1.807) is 6.92 Å². The molecule has 2 saturated heterocycles. The summed E-state index contributed by atoms with van der Waals surface area (Å²) in [6.45, 7) is 8.77. The lowest BCUT2D eigenvalue weighted by molar-refractivity contribution is -0.131. The number of hydrogen-bond donors (Lipinski definition) is 0. The lowest BCUT2D eigenvalue weighted by Crippen LogP contribution is -2.55. The molecule has 9 heteroatoms. The average Bonchev–Trinajstić information content (AvgIpc) is 3.39. The molecule has 3 aliphatic rings. The number of benzene rings is 2. The van der Waals surface area contributed by atoms with Crippen molar-refractivity contribution in [3.63, 3.8) is 0 Å². The van der Waals surface area contributed by atoms with Crippen molar-refractivity contribution in [3.05, 3.63) is 53.2 Å². The van der Waals surface area contributed by atoms with Gasteiger partial charge in [0.05, 0.1) is 30.8 Å². The van der Waals surface area contributed by atoms with Gasteiger partial charge < -0.3 is 24.3 Å². The first-order chi connectivity index (χ1) is 19.9. The van der Waals surface area contributed by atoms with Crippen molar-refractivity contribution in [2.45, 2.75) is 58.2 Å². The number of nitriles is 1. The molecule has 0 bridgehead atoms. The second-order valence-electron chi connectivity index (χ2n) is 11.6. The molecule has 0 N–H and O–H groups in total. The number of amides is 1. The summed E-state index contributed by atoms with van der Waals surface area (Å²) in [5.41, 5.74) is 4.64. The Hall–Kier alpha value is -3.90. The zero-order valence-corrected chi connectivity index (χ0v) is 24.3. The minimum absolute atomic E-state index is 0.0142. The topological polar surface area (TPSA) is 88.8 Å². The van der Waals surface area contributed by atoms with Gasteiger partial charge in [-0.1, -0.05) is 30.3 Å². The molecule has 2 atom stereocenters. The van der Waals surface area contributed by atoms with E-state index in [0.717, 1.165) is 43.0 Å². The fourth-order valence-corrected chi connectivity index (χ4v) is 6.79. The predicted octanol–water partition coefficient (Wildman–Crippen LogP) is 3.92. The van der Waals surface area contributed by atoms with Crippen LogP contribution < -0.4 is 14.5 Å². The molecule has 3 aliphatic heterocycles. The molecule has 4 heterocycles. The maximum Gasteiger partial charge on any atom is 0.318 e. The van der Waals surface area contributed by atoms with Crippen LogP contribution in [0.3, 0.4) is 0 Å². The van der Waals surface area contributed by atoms with Crippen LogP contribution in [0, 0.1) is 18.3 Å². The van der Waals surface area contributed by atoms with Crippen molar-refractivity contribution in [3.8, 4) is 12.1 Å². The number of piperazine rings is 1. The fraction of sp³-hybridized carbons (Fsp3) is 0.500. The first-order valence-corrected chi connectivity index (χ1v) is 14.8. The van der Waals surface area contributed by atoms with Crippen LogP contribution in [0.5, 0.6) is 6.01 Å². The van der Waals surface area contributed by atoms with Gasteiger partial charge in [0, 0.05) is 55.8 Å². The standard InChI is InChI=1S/C32H39N7O2/c1-22-7-4-8-24-9-5-11-29(30(22)24)37-16-13-27-28(20-37)34-32(41-21-26-10-6-15-36(26)3)35-31(27)38-17-18-39(23(2)40)25(19-38)12-14-33/h4-5,7-9,11,25-26H,6,10,12-13,15-21H2,1-3H3/t25-,26-/m0/s1. The van der Waals surface area contributed by atoms with Gasteiger partial charge in [0.15, 0.2) is 0 Å². The zero-order valence-electron chi connectivity index (χ0n) is 24.3. The minimum atomic E-state index is -0.160. The van der Waals surface area contributed by atoms with Crippen molar-refractivity contribution in [1.82, 2.24) is 19.8 Å². The van der Waals surface area contributed by atoms with Crippen LogP contribution >= 0.6 is 0 Å². The first-order valence-electron chi connectivity index (χ1n) is 14.8. The maximum absolute atomic E-state index is 12.3. The quantitative estimate of drug-likeness (QED) is 0.454. The van der Waals surface area contributed by atoms with Crippen molar-refractivity contribution in [1.29, 1.82) is 5.26 Å². The highest BCUT2D eigenvalue weighted by Gasteiger charge is 2.33. The molecule has 1 amide bonds. The third kappa shape index (κ3) is 5.41. The smallest absolute Gasteiger partial charge is 0.318 e. The molecule has 0 saturated carbocycles. The molecule has 2 fully saturated rings. The van der Waals surface area contributed by atoms with Crippen LogP contribution in [0.2, 0.25) is 0 Å². The first kappa shape index (κ1) is 27.3. The number of carbonyl (C=O) groups is 1. The Morgan fingerprint density at radius 2 is 1.90 bits per heavy atom. The average molecular weight is 554 g/mol. The predicted molar refractivity (Wildman–Crippen MR) is 160 cm³/mol. The largest absolute Gasteiger partial charge is 0.462 e. The van der Waals surface area contributed by atoms with Crippen molar-refractivity contribution >= 4 is 28.2 Å². The summed E-state index contributed by atoms with van der Waals surface area (Å²) in [7, 11) is 2.15. The number of fused-ring (bicyclic) bond motifs is 2. The zero-order chi connectivity index (χ0) is 28.5. The number of likely N-dealkylation sites (N-methyl/N-ethyl adjacent to an activating group) is 1.